The van der Waals surface area contributed by atoms with Gasteiger partial charge in [0.1, 0.15) is 6.04 Å². The lowest BCUT2D eigenvalue weighted by molar-refractivity contribution is -0.146. The number of likely N-dealkylation sites (tertiary alicyclic amines) is 1. The number of carbonyl (C=O) groups excluding carboxylic acids is 1. The van der Waals surface area contributed by atoms with Gasteiger partial charge >= 0.3 is 5.97 Å². The van der Waals surface area contributed by atoms with Crippen LogP contribution in [0.1, 0.15) is 16.9 Å². The van der Waals surface area contributed by atoms with E-state index >= 15 is 0 Å². The predicted molar refractivity (Wildman–Crippen MR) is 76.6 cm³/mol. The van der Waals surface area contributed by atoms with Crippen LogP contribution in [0.2, 0.25) is 0 Å². The zero-order chi connectivity index (χ0) is 14.7. The van der Waals surface area contributed by atoms with Crippen LogP contribution in [-0.2, 0) is 14.3 Å². The molecule has 2 unspecified atom stereocenters. The van der Waals surface area contributed by atoms with E-state index in [1.54, 1.807) is 17.4 Å². The van der Waals surface area contributed by atoms with E-state index in [0.717, 1.165) is 10.4 Å². The molecule has 0 aromatic carbocycles. The molecule has 1 aliphatic heterocycles. The van der Waals surface area contributed by atoms with Crippen molar-refractivity contribution in [2.24, 2.45) is 0 Å². The number of hydrogen-bond donors (Lipinski definition) is 1. The van der Waals surface area contributed by atoms with E-state index in [4.69, 9.17) is 4.74 Å². The summed E-state index contributed by atoms with van der Waals surface area (Å²) in [6, 6.07) is 1.17. The van der Waals surface area contributed by atoms with Gasteiger partial charge in [0.15, 0.2) is 0 Å². The Bertz CT molecular complexity index is 537. The van der Waals surface area contributed by atoms with Gasteiger partial charge in [0.25, 0.3) is 0 Å². The molecule has 1 aromatic heterocycles. The number of hydrogen-bond acceptors (Lipinski definition) is 4. The summed E-state index contributed by atoms with van der Waals surface area (Å²) in [5.41, 5.74) is 1.10. The first-order valence-electron chi connectivity index (χ1n) is 6.31. The quantitative estimate of drug-likeness (QED) is 0.860. The lowest BCUT2D eigenvalue weighted by atomic mass is 10.2. The van der Waals surface area contributed by atoms with Gasteiger partial charge in [-0.3, -0.25) is 4.79 Å². The van der Waals surface area contributed by atoms with Crippen LogP contribution >= 0.6 is 11.3 Å². The Morgan fingerprint density at radius 3 is 2.85 bits per heavy atom. The number of methoxy groups -OCH3 is 1. The first-order valence-corrected chi connectivity index (χ1v) is 7.19. The highest BCUT2D eigenvalue weighted by atomic mass is 32.1. The van der Waals surface area contributed by atoms with Crippen molar-refractivity contribution in [1.82, 2.24) is 4.90 Å². The van der Waals surface area contributed by atoms with E-state index in [-0.39, 0.29) is 12.0 Å². The van der Waals surface area contributed by atoms with Gasteiger partial charge in [0.2, 0.25) is 5.91 Å². The third-order valence-corrected chi connectivity index (χ3v) is 4.43. The minimum absolute atomic E-state index is 0.211. The van der Waals surface area contributed by atoms with Crippen molar-refractivity contribution >= 4 is 29.3 Å². The van der Waals surface area contributed by atoms with Crippen molar-refractivity contribution in [1.29, 1.82) is 0 Å². The lowest BCUT2D eigenvalue weighted by Gasteiger charge is -2.19. The number of carbonyl (C=O) groups is 2. The summed E-state index contributed by atoms with van der Waals surface area (Å²) in [6.45, 7) is 2.29. The van der Waals surface area contributed by atoms with Gasteiger partial charge in [-0.2, -0.15) is 0 Å². The first-order chi connectivity index (χ1) is 9.52. The first kappa shape index (κ1) is 14.7. The minimum Gasteiger partial charge on any atom is -0.480 e. The van der Waals surface area contributed by atoms with E-state index in [1.807, 2.05) is 18.4 Å². The normalized spacial score (nSPS) is 22.6. The van der Waals surface area contributed by atoms with Crippen molar-refractivity contribution in [2.45, 2.75) is 25.5 Å². The third-order valence-electron chi connectivity index (χ3n) is 3.44. The number of carboxylic acids is 1. The SMILES string of the molecule is COC1CC(C(=O)O)N(C(=O)/C=C/c2sccc2C)C1. The molecule has 1 aliphatic rings. The Morgan fingerprint density at radius 2 is 2.30 bits per heavy atom. The molecule has 2 heterocycles. The average Bonchev–Trinajstić information content (AvgIpc) is 3.02. The molecule has 6 heteroatoms. The van der Waals surface area contributed by atoms with Gasteiger partial charge < -0.3 is 14.7 Å². The summed E-state index contributed by atoms with van der Waals surface area (Å²) in [6.07, 6.45) is 3.30. The Hall–Kier alpha value is -1.66. The molecule has 5 nitrogen and oxygen atoms in total. The van der Waals surface area contributed by atoms with Crippen LogP contribution in [0.3, 0.4) is 0 Å². The monoisotopic (exact) mass is 295 g/mol. The summed E-state index contributed by atoms with van der Waals surface area (Å²) < 4.78 is 5.16. The van der Waals surface area contributed by atoms with Crippen molar-refractivity contribution in [3.05, 3.63) is 28.0 Å². The second kappa shape index (κ2) is 6.19. The molecule has 0 aliphatic carbocycles. The maximum absolute atomic E-state index is 12.2. The fourth-order valence-corrected chi connectivity index (χ4v) is 3.06. The van der Waals surface area contributed by atoms with Crippen molar-refractivity contribution < 1.29 is 19.4 Å². The molecular formula is C14H17NO4S. The second-order valence-corrected chi connectivity index (χ2v) is 5.69. The Morgan fingerprint density at radius 1 is 1.55 bits per heavy atom. The van der Waals surface area contributed by atoms with Crippen molar-refractivity contribution in [2.75, 3.05) is 13.7 Å². The maximum atomic E-state index is 12.2. The number of aliphatic carboxylic acids is 1. The highest BCUT2D eigenvalue weighted by molar-refractivity contribution is 7.11. The van der Waals surface area contributed by atoms with E-state index in [0.29, 0.717) is 13.0 Å². The molecule has 1 fully saturated rings. The molecule has 1 amide bonds. The largest absolute Gasteiger partial charge is 0.480 e. The summed E-state index contributed by atoms with van der Waals surface area (Å²) in [5, 5.41) is 11.1. The number of rotatable bonds is 4. The Balaban J connectivity index is 2.09. The van der Waals surface area contributed by atoms with Gasteiger partial charge in [0, 0.05) is 31.0 Å². The van der Waals surface area contributed by atoms with E-state index in [2.05, 4.69) is 0 Å². The number of amides is 1. The van der Waals surface area contributed by atoms with Crippen LogP contribution in [0.4, 0.5) is 0 Å². The highest BCUT2D eigenvalue weighted by Gasteiger charge is 2.38. The summed E-state index contributed by atoms with van der Waals surface area (Å²) in [4.78, 5) is 25.7. The lowest BCUT2D eigenvalue weighted by Crippen LogP contribution is -2.39. The molecule has 2 atom stereocenters. The minimum atomic E-state index is -0.987. The van der Waals surface area contributed by atoms with E-state index in [1.165, 1.54) is 18.1 Å². The molecule has 0 saturated carbocycles. The van der Waals surface area contributed by atoms with Crippen LogP contribution in [0.5, 0.6) is 0 Å². The number of nitrogens with zero attached hydrogens (tertiary/aromatic N) is 1. The Kier molecular flexibility index (Phi) is 4.57. The van der Waals surface area contributed by atoms with E-state index in [9.17, 15) is 14.7 Å². The zero-order valence-corrected chi connectivity index (χ0v) is 12.2. The highest BCUT2D eigenvalue weighted by Crippen LogP contribution is 2.22. The number of thiophene rings is 1. The molecule has 1 aromatic rings. The van der Waals surface area contributed by atoms with Gasteiger partial charge in [-0.25, -0.2) is 4.79 Å². The van der Waals surface area contributed by atoms with Gasteiger partial charge in [-0.1, -0.05) is 0 Å². The van der Waals surface area contributed by atoms with Gasteiger partial charge in [-0.15, -0.1) is 11.3 Å². The molecule has 1 N–H and O–H groups in total. The van der Waals surface area contributed by atoms with Crippen LogP contribution in [-0.4, -0.2) is 47.7 Å². The third kappa shape index (κ3) is 3.08. The predicted octanol–water partition coefficient (Wildman–Crippen LogP) is 1.77. The molecule has 0 bridgehead atoms. The molecule has 108 valence electrons. The summed E-state index contributed by atoms with van der Waals surface area (Å²) in [5.74, 6) is -1.27. The van der Waals surface area contributed by atoms with Gasteiger partial charge in [-0.05, 0) is 30.0 Å². The van der Waals surface area contributed by atoms with Crippen LogP contribution in [0.25, 0.3) is 6.08 Å². The zero-order valence-electron chi connectivity index (χ0n) is 11.4. The van der Waals surface area contributed by atoms with Crippen LogP contribution in [0, 0.1) is 6.92 Å². The maximum Gasteiger partial charge on any atom is 0.326 e. The molecule has 20 heavy (non-hydrogen) atoms. The number of aryl methyl sites for hydroxylation is 1. The fraction of sp³-hybridized carbons (Fsp3) is 0.429. The smallest absolute Gasteiger partial charge is 0.326 e. The van der Waals surface area contributed by atoms with Gasteiger partial charge in [0.05, 0.1) is 6.10 Å². The summed E-state index contributed by atoms with van der Waals surface area (Å²) >= 11 is 1.55. The standard InChI is InChI=1S/C14H17NO4S/c1-9-5-6-20-12(9)3-4-13(16)15-8-10(19-2)7-11(15)14(17)18/h3-6,10-11H,7-8H2,1-2H3,(H,17,18)/b4-3+. The molecule has 0 radical (unpaired) electrons. The molecule has 0 spiro atoms. The number of carboxylic acid groups (broad SMARTS) is 1. The van der Waals surface area contributed by atoms with Crippen molar-refractivity contribution in [3.63, 3.8) is 0 Å². The van der Waals surface area contributed by atoms with E-state index < -0.39 is 12.0 Å². The van der Waals surface area contributed by atoms with Crippen LogP contribution < -0.4 is 0 Å². The van der Waals surface area contributed by atoms with Crippen molar-refractivity contribution in [3.8, 4) is 0 Å². The number of ether oxygens (including phenoxy) is 1. The van der Waals surface area contributed by atoms with Crippen LogP contribution in [0.15, 0.2) is 17.5 Å². The Labute approximate surface area is 121 Å². The average molecular weight is 295 g/mol. The molecule has 1 saturated heterocycles. The summed E-state index contributed by atoms with van der Waals surface area (Å²) in [7, 11) is 1.53. The fourth-order valence-electron chi connectivity index (χ4n) is 2.24. The topological polar surface area (TPSA) is 66.8 Å². The molecule has 2 rings (SSSR count). The molecular weight excluding hydrogens is 278 g/mol. The second-order valence-electron chi connectivity index (χ2n) is 4.74.